The molecule has 0 fully saturated rings. The Morgan fingerprint density at radius 2 is 1.56 bits per heavy atom. The summed E-state index contributed by atoms with van der Waals surface area (Å²) in [5, 5.41) is 0. The van der Waals surface area contributed by atoms with Crippen molar-refractivity contribution in [2.24, 2.45) is 0 Å². The molecule has 0 radical (unpaired) electrons. The maximum Gasteiger partial charge on any atom is 0.254 e. The van der Waals surface area contributed by atoms with Crippen LogP contribution in [0.2, 0.25) is 0 Å². The van der Waals surface area contributed by atoms with Gasteiger partial charge in [-0.3, -0.25) is 14.5 Å². The highest BCUT2D eigenvalue weighted by Gasteiger charge is 2.36. The van der Waals surface area contributed by atoms with Crippen molar-refractivity contribution in [2.75, 3.05) is 41.4 Å². The van der Waals surface area contributed by atoms with E-state index in [0.29, 0.717) is 63.7 Å². The van der Waals surface area contributed by atoms with Gasteiger partial charge in [0.1, 0.15) is 12.0 Å². The Morgan fingerprint density at radius 3 is 2.31 bits per heavy atom. The van der Waals surface area contributed by atoms with Crippen LogP contribution in [0.4, 0.5) is 0 Å². The number of aldehydes is 1. The van der Waals surface area contributed by atoms with E-state index in [4.69, 9.17) is 23.7 Å². The van der Waals surface area contributed by atoms with Crippen molar-refractivity contribution in [3.05, 3.63) is 94.0 Å². The first-order chi connectivity index (χ1) is 21.9. The number of hydrogen-bond acceptors (Lipinski definition) is 8. The molecule has 9 heteroatoms. The lowest BCUT2D eigenvalue weighted by atomic mass is 9.87. The van der Waals surface area contributed by atoms with Crippen LogP contribution in [-0.4, -0.2) is 63.4 Å². The van der Waals surface area contributed by atoms with E-state index in [-0.39, 0.29) is 11.9 Å². The molecule has 4 aromatic rings. The summed E-state index contributed by atoms with van der Waals surface area (Å²) in [4.78, 5) is 28.3. The maximum absolute atomic E-state index is 12.9. The molecule has 0 bridgehead atoms. The van der Waals surface area contributed by atoms with Crippen LogP contribution in [0.1, 0.15) is 49.0 Å². The van der Waals surface area contributed by atoms with Crippen LogP contribution >= 0.6 is 0 Å². The van der Waals surface area contributed by atoms with Gasteiger partial charge in [-0.25, -0.2) is 0 Å². The van der Waals surface area contributed by atoms with Crippen molar-refractivity contribution in [1.29, 1.82) is 0 Å². The zero-order valence-corrected chi connectivity index (χ0v) is 25.7. The van der Waals surface area contributed by atoms with Crippen LogP contribution in [0.5, 0.6) is 46.0 Å². The fourth-order valence-electron chi connectivity index (χ4n) is 6.41. The molecule has 3 aliphatic rings. The fourth-order valence-corrected chi connectivity index (χ4v) is 6.41. The molecular weight excluding hydrogens is 572 g/mol. The topological polar surface area (TPSA) is 86.8 Å². The fraction of sp³-hybridized carbons (Fsp3) is 0.278. The Labute approximate surface area is 261 Å². The largest absolute Gasteiger partial charge is 0.493 e. The molecule has 0 aliphatic carbocycles. The number of nitrogens with zero attached hydrogens (tertiary/aromatic N) is 2. The highest BCUT2D eigenvalue weighted by atomic mass is 16.6. The van der Waals surface area contributed by atoms with Crippen molar-refractivity contribution in [3.63, 3.8) is 0 Å². The number of amides is 1. The van der Waals surface area contributed by atoms with Crippen molar-refractivity contribution in [2.45, 2.75) is 25.3 Å². The molecule has 1 unspecified atom stereocenters. The number of methoxy groups -OCH3 is 2. The number of hydrogen-bond donors (Lipinski definition) is 0. The van der Waals surface area contributed by atoms with Crippen LogP contribution in [0.15, 0.2) is 60.7 Å². The normalized spacial score (nSPS) is 16.8. The van der Waals surface area contributed by atoms with Gasteiger partial charge in [0.25, 0.3) is 5.91 Å². The Kier molecular flexibility index (Phi) is 7.33. The highest BCUT2D eigenvalue weighted by Crippen LogP contribution is 2.56. The molecule has 3 aliphatic heterocycles. The van der Waals surface area contributed by atoms with E-state index in [0.717, 1.165) is 54.3 Å². The summed E-state index contributed by atoms with van der Waals surface area (Å²) < 4.78 is 30.4. The third-order valence-electron chi connectivity index (χ3n) is 8.94. The average molecular weight is 607 g/mol. The number of benzene rings is 4. The molecule has 230 valence electrons. The van der Waals surface area contributed by atoms with Gasteiger partial charge in [0, 0.05) is 42.9 Å². The molecule has 45 heavy (non-hydrogen) atoms. The standard InChI is InChI=1S/C36H34N2O7/c1-37-13-12-24-18-32(42-4)34-35(45-31-19-26-23(17-30(31)44-34)11-14-38(2)36(26)40)33(24)27(37)15-21-5-8-25(9-6-21)43-29-16-22(20-39)7-10-28(29)41-3/h5-10,16-20,27H,11-15H2,1-4H3. The number of likely N-dealkylation sites (N-methyl/N-ethyl adjacent to an activating group) is 2. The molecule has 3 heterocycles. The number of carbonyl (C=O) groups is 2. The Hall–Kier alpha value is -5.02. The third-order valence-corrected chi connectivity index (χ3v) is 8.94. The molecule has 0 N–H and O–H groups in total. The summed E-state index contributed by atoms with van der Waals surface area (Å²) >= 11 is 0. The van der Waals surface area contributed by atoms with Crippen molar-refractivity contribution in [3.8, 4) is 46.0 Å². The first kappa shape index (κ1) is 28.7. The smallest absolute Gasteiger partial charge is 0.254 e. The molecule has 9 nitrogen and oxygen atoms in total. The molecule has 0 spiro atoms. The number of fused-ring (bicyclic) bond motifs is 5. The minimum absolute atomic E-state index is 0.0000777. The molecule has 7 rings (SSSR count). The van der Waals surface area contributed by atoms with Gasteiger partial charge in [0.05, 0.1) is 14.2 Å². The van der Waals surface area contributed by atoms with Gasteiger partial charge in [0.15, 0.2) is 34.5 Å². The van der Waals surface area contributed by atoms with Gasteiger partial charge >= 0.3 is 0 Å². The summed E-state index contributed by atoms with van der Waals surface area (Å²) in [6, 6.07) is 18.8. The van der Waals surface area contributed by atoms with Crippen molar-refractivity contribution < 1.29 is 33.3 Å². The molecule has 4 aromatic carbocycles. The lowest BCUT2D eigenvalue weighted by Crippen LogP contribution is -2.34. The number of rotatable bonds is 7. The summed E-state index contributed by atoms with van der Waals surface area (Å²) in [7, 11) is 7.15. The lowest BCUT2D eigenvalue weighted by molar-refractivity contribution is 0.0780. The number of carbonyl (C=O) groups excluding carboxylic acids is 2. The van der Waals surface area contributed by atoms with Gasteiger partial charge < -0.3 is 28.6 Å². The summed E-state index contributed by atoms with van der Waals surface area (Å²) in [5.74, 6) is 4.57. The van der Waals surface area contributed by atoms with Gasteiger partial charge in [0.2, 0.25) is 5.75 Å². The summed E-state index contributed by atoms with van der Waals surface area (Å²) in [5.41, 5.74) is 5.44. The zero-order valence-electron chi connectivity index (χ0n) is 25.7. The maximum atomic E-state index is 12.9. The van der Waals surface area contributed by atoms with Crippen LogP contribution in [0, 0.1) is 0 Å². The summed E-state index contributed by atoms with van der Waals surface area (Å²) in [6.07, 6.45) is 3.10. The molecule has 1 atom stereocenters. The predicted octanol–water partition coefficient (Wildman–Crippen LogP) is 6.61. The number of ether oxygens (including phenoxy) is 5. The van der Waals surface area contributed by atoms with Gasteiger partial charge in [-0.05, 0) is 91.5 Å². The molecule has 0 saturated heterocycles. The molecule has 0 saturated carbocycles. The quantitative estimate of drug-likeness (QED) is 0.192. The lowest BCUT2D eigenvalue weighted by Gasteiger charge is -2.38. The monoisotopic (exact) mass is 606 g/mol. The van der Waals surface area contributed by atoms with Gasteiger partial charge in [-0.2, -0.15) is 0 Å². The van der Waals surface area contributed by atoms with Gasteiger partial charge in [-0.1, -0.05) is 12.1 Å². The minimum atomic E-state index is -0.0129. The SMILES string of the molecule is COc1ccc(C=O)cc1Oc1ccc(CC2c3c(cc(OC)c4c3Oc3cc5c(cc3O4)CCN(C)C5=O)CCN2C)cc1. The van der Waals surface area contributed by atoms with Crippen LogP contribution in [0.25, 0.3) is 0 Å². The summed E-state index contributed by atoms with van der Waals surface area (Å²) in [6.45, 7) is 1.54. The second kappa shape index (κ2) is 11.5. The van der Waals surface area contributed by atoms with Crippen LogP contribution < -0.4 is 23.7 Å². The Morgan fingerprint density at radius 1 is 0.822 bits per heavy atom. The van der Waals surface area contributed by atoms with Crippen molar-refractivity contribution in [1.82, 2.24) is 9.80 Å². The van der Waals surface area contributed by atoms with E-state index < -0.39 is 0 Å². The molecule has 1 amide bonds. The second-order valence-electron chi connectivity index (χ2n) is 11.7. The predicted molar refractivity (Wildman–Crippen MR) is 168 cm³/mol. The first-order valence-electron chi connectivity index (χ1n) is 15.0. The van der Waals surface area contributed by atoms with E-state index in [1.165, 1.54) is 0 Å². The molecular formula is C36H34N2O7. The van der Waals surface area contributed by atoms with Crippen LogP contribution in [-0.2, 0) is 19.3 Å². The van der Waals surface area contributed by atoms with E-state index in [9.17, 15) is 9.59 Å². The zero-order chi connectivity index (χ0) is 31.2. The van der Waals surface area contributed by atoms with Gasteiger partial charge in [-0.15, -0.1) is 0 Å². The minimum Gasteiger partial charge on any atom is -0.493 e. The Bertz CT molecular complexity index is 1820. The average Bonchev–Trinajstić information content (AvgIpc) is 3.06. The van der Waals surface area contributed by atoms with Crippen molar-refractivity contribution >= 4 is 12.2 Å². The van der Waals surface area contributed by atoms with E-state index in [1.807, 2.05) is 43.4 Å². The molecule has 0 aromatic heterocycles. The first-order valence-corrected chi connectivity index (χ1v) is 15.0. The van der Waals surface area contributed by atoms with Crippen LogP contribution in [0.3, 0.4) is 0 Å². The Balaban J connectivity index is 1.21. The third kappa shape index (κ3) is 5.13. The van der Waals surface area contributed by atoms with E-state index >= 15 is 0 Å². The van der Waals surface area contributed by atoms with E-state index in [2.05, 4.69) is 18.0 Å². The van der Waals surface area contributed by atoms with E-state index in [1.54, 1.807) is 37.3 Å². The second-order valence-corrected chi connectivity index (χ2v) is 11.7. The highest BCUT2D eigenvalue weighted by molar-refractivity contribution is 5.97.